The molecule has 94 valence electrons. The summed E-state index contributed by atoms with van der Waals surface area (Å²) in [5.74, 6) is 0.593. The zero-order valence-electron chi connectivity index (χ0n) is 10.5. The quantitative estimate of drug-likeness (QED) is 0.801. The monoisotopic (exact) mass is 236 g/mol. The van der Waals surface area contributed by atoms with Crippen molar-refractivity contribution < 1.29 is 9.53 Å². The van der Waals surface area contributed by atoms with Gasteiger partial charge in [0.2, 0.25) is 0 Å². The Balaban J connectivity index is 2.30. The number of carbonyl (C=O) groups is 1. The molecule has 1 amide bonds. The van der Waals surface area contributed by atoms with E-state index < -0.39 is 0 Å². The molecule has 0 spiro atoms. The van der Waals surface area contributed by atoms with Gasteiger partial charge in [0.1, 0.15) is 6.10 Å². The smallest absolute Gasteiger partial charge is 0.407 e. The molecule has 1 saturated carbocycles. The van der Waals surface area contributed by atoms with E-state index in [0.717, 1.165) is 19.3 Å². The van der Waals surface area contributed by atoms with Crippen LogP contribution < -0.4 is 5.32 Å². The number of carbonyl (C=O) groups excluding carboxylic acids is 1. The molecule has 0 radical (unpaired) electrons. The van der Waals surface area contributed by atoms with Gasteiger partial charge in [-0.25, -0.2) is 4.79 Å². The van der Waals surface area contributed by atoms with Gasteiger partial charge < -0.3 is 10.1 Å². The molecule has 4 heteroatoms. The topological polar surface area (TPSA) is 62.1 Å². The second kappa shape index (κ2) is 4.56. The Labute approximate surface area is 102 Å². The third-order valence-corrected chi connectivity index (χ3v) is 4.14. The van der Waals surface area contributed by atoms with Crippen molar-refractivity contribution in [3.8, 4) is 6.07 Å². The molecule has 1 aliphatic heterocycles. The Kier molecular flexibility index (Phi) is 3.28. The maximum Gasteiger partial charge on any atom is 0.407 e. The number of nitrogens with zero attached hydrogens (tertiary/aromatic N) is 1. The van der Waals surface area contributed by atoms with E-state index in [-0.39, 0.29) is 23.7 Å². The van der Waals surface area contributed by atoms with E-state index in [0.29, 0.717) is 12.3 Å². The van der Waals surface area contributed by atoms with Crippen molar-refractivity contribution in [1.29, 1.82) is 5.26 Å². The maximum absolute atomic E-state index is 11.7. The lowest BCUT2D eigenvalue weighted by molar-refractivity contribution is -0.0578. The number of amides is 1. The molecule has 1 heterocycles. The molecular weight excluding hydrogens is 216 g/mol. The Bertz CT molecular complexity index is 348. The highest BCUT2D eigenvalue weighted by molar-refractivity contribution is 5.70. The van der Waals surface area contributed by atoms with Gasteiger partial charge in [-0.15, -0.1) is 0 Å². The molecule has 2 rings (SSSR count). The second-order valence-electron chi connectivity index (χ2n) is 5.58. The summed E-state index contributed by atoms with van der Waals surface area (Å²) >= 11 is 0. The minimum Gasteiger partial charge on any atom is -0.446 e. The van der Waals surface area contributed by atoms with Gasteiger partial charge in [-0.1, -0.05) is 26.7 Å². The standard InChI is InChI=1S/C13H20N2O2/c1-9(2)11-10-5-3-4-6-13(10,7-8-14)15-12(16)17-11/h9-11H,3-7H2,1-2H3,(H,15,16)/t10-,11-,13+/m0/s1. The van der Waals surface area contributed by atoms with E-state index in [9.17, 15) is 4.79 Å². The molecular formula is C13H20N2O2. The fraction of sp³-hybridized carbons (Fsp3) is 0.846. The highest BCUT2D eigenvalue weighted by Crippen LogP contribution is 2.43. The van der Waals surface area contributed by atoms with E-state index in [4.69, 9.17) is 10.00 Å². The van der Waals surface area contributed by atoms with Crippen molar-refractivity contribution >= 4 is 6.09 Å². The number of ether oxygens (including phenoxy) is 1. The number of alkyl carbamates (subject to hydrolysis) is 1. The maximum atomic E-state index is 11.7. The zero-order chi connectivity index (χ0) is 12.5. The van der Waals surface area contributed by atoms with E-state index >= 15 is 0 Å². The van der Waals surface area contributed by atoms with Crippen LogP contribution in [0.25, 0.3) is 0 Å². The van der Waals surface area contributed by atoms with E-state index in [1.54, 1.807) is 0 Å². The van der Waals surface area contributed by atoms with Gasteiger partial charge in [0.25, 0.3) is 0 Å². The summed E-state index contributed by atoms with van der Waals surface area (Å²) in [5, 5.41) is 12.0. The largest absolute Gasteiger partial charge is 0.446 e. The third-order valence-electron chi connectivity index (χ3n) is 4.14. The highest BCUT2D eigenvalue weighted by Gasteiger charge is 2.51. The van der Waals surface area contributed by atoms with Gasteiger partial charge in [-0.2, -0.15) is 5.26 Å². The van der Waals surface area contributed by atoms with Crippen molar-refractivity contribution in [2.75, 3.05) is 0 Å². The number of cyclic esters (lactones) is 1. The first kappa shape index (κ1) is 12.2. The van der Waals surface area contributed by atoms with Crippen molar-refractivity contribution in [3.05, 3.63) is 0 Å². The molecule has 1 aliphatic carbocycles. The van der Waals surface area contributed by atoms with Crippen LogP contribution in [-0.2, 0) is 4.74 Å². The summed E-state index contributed by atoms with van der Waals surface area (Å²) < 4.78 is 5.43. The molecule has 4 nitrogen and oxygen atoms in total. The highest BCUT2D eigenvalue weighted by atomic mass is 16.6. The molecule has 0 aromatic heterocycles. The number of hydrogen-bond donors (Lipinski definition) is 1. The molecule has 3 atom stereocenters. The van der Waals surface area contributed by atoms with Crippen LogP contribution >= 0.6 is 0 Å². The molecule has 2 fully saturated rings. The lowest BCUT2D eigenvalue weighted by atomic mass is 9.66. The predicted molar refractivity (Wildman–Crippen MR) is 63.2 cm³/mol. The number of nitrogens with one attached hydrogen (secondary N) is 1. The average molecular weight is 236 g/mol. The van der Waals surface area contributed by atoms with Crippen molar-refractivity contribution in [2.45, 2.75) is 57.6 Å². The molecule has 0 aromatic carbocycles. The van der Waals surface area contributed by atoms with Crippen molar-refractivity contribution in [3.63, 3.8) is 0 Å². The average Bonchev–Trinajstić information content (AvgIpc) is 2.27. The number of hydrogen-bond acceptors (Lipinski definition) is 3. The second-order valence-corrected chi connectivity index (χ2v) is 5.58. The summed E-state index contributed by atoms with van der Waals surface area (Å²) in [7, 11) is 0. The lowest BCUT2D eigenvalue weighted by Crippen LogP contribution is -2.64. The van der Waals surface area contributed by atoms with E-state index in [1.807, 2.05) is 0 Å². The number of fused-ring (bicyclic) bond motifs is 1. The van der Waals surface area contributed by atoms with Crippen LogP contribution in [0, 0.1) is 23.2 Å². The van der Waals surface area contributed by atoms with Crippen LogP contribution in [0.2, 0.25) is 0 Å². The molecule has 0 bridgehead atoms. The molecule has 1 saturated heterocycles. The first-order valence-electron chi connectivity index (χ1n) is 6.45. The molecule has 0 aromatic rings. The van der Waals surface area contributed by atoms with Crippen LogP contribution in [0.3, 0.4) is 0 Å². The SMILES string of the molecule is CC(C)[C@@H]1OC(=O)N[C@@]2(CC#N)CCCC[C@@H]12. The van der Waals surface area contributed by atoms with Gasteiger partial charge in [0, 0.05) is 5.92 Å². The Morgan fingerprint density at radius 2 is 2.35 bits per heavy atom. The Morgan fingerprint density at radius 3 is 3.00 bits per heavy atom. The summed E-state index contributed by atoms with van der Waals surface area (Å²) in [6.07, 6.45) is 4.21. The summed E-state index contributed by atoms with van der Waals surface area (Å²) in [6, 6.07) is 2.24. The van der Waals surface area contributed by atoms with Gasteiger partial charge in [0.15, 0.2) is 0 Å². The van der Waals surface area contributed by atoms with Crippen molar-refractivity contribution in [2.24, 2.45) is 11.8 Å². The molecule has 0 unspecified atom stereocenters. The van der Waals surface area contributed by atoms with Crippen LogP contribution in [0.15, 0.2) is 0 Å². The first-order valence-corrected chi connectivity index (χ1v) is 6.45. The normalized spacial score (nSPS) is 36.7. The molecule has 1 N–H and O–H groups in total. The van der Waals surface area contributed by atoms with Gasteiger partial charge >= 0.3 is 6.09 Å². The lowest BCUT2D eigenvalue weighted by Gasteiger charge is -2.50. The third kappa shape index (κ3) is 2.11. The Hall–Kier alpha value is -1.24. The predicted octanol–water partition coefficient (Wildman–Crippen LogP) is 2.59. The van der Waals surface area contributed by atoms with Gasteiger partial charge in [0.05, 0.1) is 18.0 Å². The van der Waals surface area contributed by atoms with Crippen LogP contribution in [-0.4, -0.2) is 17.7 Å². The summed E-state index contributed by atoms with van der Waals surface area (Å²) in [5.41, 5.74) is -0.336. The fourth-order valence-electron chi connectivity index (χ4n) is 3.34. The van der Waals surface area contributed by atoms with Crippen LogP contribution in [0.5, 0.6) is 0 Å². The van der Waals surface area contributed by atoms with Crippen LogP contribution in [0.1, 0.15) is 46.0 Å². The Morgan fingerprint density at radius 1 is 1.59 bits per heavy atom. The van der Waals surface area contributed by atoms with E-state index in [2.05, 4.69) is 25.2 Å². The van der Waals surface area contributed by atoms with E-state index in [1.165, 1.54) is 6.42 Å². The number of nitriles is 1. The molecule has 17 heavy (non-hydrogen) atoms. The summed E-state index contributed by atoms with van der Waals surface area (Å²) in [6.45, 7) is 4.16. The fourth-order valence-corrected chi connectivity index (χ4v) is 3.34. The minimum atomic E-state index is -0.350. The van der Waals surface area contributed by atoms with Gasteiger partial charge in [-0.3, -0.25) is 0 Å². The molecule has 2 aliphatic rings. The minimum absolute atomic E-state index is 0.0441. The first-order chi connectivity index (χ1) is 8.09. The number of rotatable bonds is 2. The van der Waals surface area contributed by atoms with Crippen LogP contribution in [0.4, 0.5) is 4.79 Å². The van der Waals surface area contributed by atoms with Crippen molar-refractivity contribution in [1.82, 2.24) is 5.32 Å². The summed E-state index contributed by atoms with van der Waals surface area (Å²) in [4.78, 5) is 11.7. The zero-order valence-corrected chi connectivity index (χ0v) is 10.5. The van der Waals surface area contributed by atoms with Gasteiger partial charge in [-0.05, 0) is 18.8 Å².